The summed E-state index contributed by atoms with van der Waals surface area (Å²) in [6, 6.07) is 23.0. The lowest BCUT2D eigenvalue weighted by molar-refractivity contribution is -0.136. The highest BCUT2D eigenvalue weighted by atomic mass is 16.5. The summed E-state index contributed by atoms with van der Waals surface area (Å²) >= 11 is 0. The first-order valence-corrected chi connectivity index (χ1v) is 10.6. The van der Waals surface area contributed by atoms with Gasteiger partial charge in [-0.05, 0) is 61.2 Å². The lowest BCUT2D eigenvalue weighted by Gasteiger charge is -2.16. The molecular formula is C27H26N2O3. The van der Waals surface area contributed by atoms with Crippen molar-refractivity contribution >= 4 is 23.1 Å². The Morgan fingerprint density at radius 2 is 1.59 bits per heavy atom. The molecule has 1 N–H and O–H groups in total. The molecule has 3 aromatic carbocycles. The van der Waals surface area contributed by atoms with Crippen LogP contribution in [-0.4, -0.2) is 30.4 Å². The largest absolute Gasteiger partial charge is 0.497 e. The van der Waals surface area contributed by atoms with Crippen molar-refractivity contribution in [1.82, 2.24) is 4.90 Å². The molecular weight excluding hydrogens is 400 g/mol. The molecule has 0 saturated carbocycles. The van der Waals surface area contributed by atoms with Gasteiger partial charge in [0.15, 0.2) is 0 Å². The third-order valence-electron chi connectivity index (χ3n) is 5.65. The molecule has 162 valence electrons. The summed E-state index contributed by atoms with van der Waals surface area (Å²) in [6.07, 6.45) is 0.570. The minimum Gasteiger partial charge on any atom is -0.497 e. The molecule has 0 bridgehead atoms. The molecule has 0 atom stereocenters. The van der Waals surface area contributed by atoms with Gasteiger partial charge < -0.3 is 10.1 Å². The molecule has 0 saturated heterocycles. The number of hydrogen-bond acceptors (Lipinski definition) is 4. The van der Waals surface area contributed by atoms with Crippen molar-refractivity contribution in [3.05, 3.63) is 101 Å². The smallest absolute Gasteiger partial charge is 0.278 e. The number of nitrogens with zero attached hydrogens (tertiary/aromatic N) is 1. The van der Waals surface area contributed by atoms with Crippen molar-refractivity contribution in [3.63, 3.8) is 0 Å². The average Bonchev–Trinajstić information content (AvgIpc) is 3.02. The van der Waals surface area contributed by atoms with Crippen LogP contribution in [-0.2, 0) is 16.0 Å². The van der Waals surface area contributed by atoms with Gasteiger partial charge in [0.25, 0.3) is 11.8 Å². The Morgan fingerprint density at radius 1 is 0.875 bits per heavy atom. The number of anilines is 1. The second-order valence-corrected chi connectivity index (χ2v) is 7.92. The number of rotatable bonds is 7. The van der Waals surface area contributed by atoms with E-state index < -0.39 is 0 Å². The molecule has 0 fully saturated rings. The summed E-state index contributed by atoms with van der Waals surface area (Å²) < 4.78 is 5.20. The molecule has 3 aromatic rings. The Hall–Kier alpha value is -3.86. The summed E-state index contributed by atoms with van der Waals surface area (Å²) in [4.78, 5) is 28.2. The Morgan fingerprint density at radius 3 is 2.25 bits per heavy atom. The zero-order valence-electron chi connectivity index (χ0n) is 18.5. The van der Waals surface area contributed by atoms with Crippen molar-refractivity contribution < 1.29 is 14.3 Å². The molecule has 4 rings (SSSR count). The van der Waals surface area contributed by atoms with Gasteiger partial charge in [0, 0.05) is 12.2 Å². The fourth-order valence-electron chi connectivity index (χ4n) is 3.94. The third kappa shape index (κ3) is 4.28. The molecule has 0 aliphatic carbocycles. The van der Waals surface area contributed by atoms with Gasteiger partial charge in [-0.15, -0.1) is 0 Å². The molecule has 1 aliphatic rings. The van der Waals surface area contributed by atoms with Crippen LogP contribution in [0.1, 0.15) is 22.3 Å². The van der Waals surface area contributed by atoms with Gasteiger partial charge in [-0.3, -0.25) is 14.5 Å². The molecule has 0 unspecified atom stereocenters. The number of ether oxygens (including phenoxy) is 1. The van der Waals surface area contributed by atoms with E-state index in [0.717, 1.165) is 33.7 Å². The van der Waals surface area contributed by atoms with E-state index in [-0.39, 0.29) is 11.8 Å². The van der Waals surface area contributed by atoms with Crippen molar-refractivity contribution in [1.29, 1.82) is 0 Å². The number of imide groups is 1. The summed E-state index contributed by atoms with van der Waals surface area (Å²) in [5.41, 5.74) is 5.39. The molecule has 32 heavy (non-hydrogen) atoms. The number of aryl methyl sites for hydroxylation is 2. The van der Waals surface area contributed by atoms with Crippen LogP contribution in [0.15, 0.2) is 78.5 Å². The molecule has 0 spiro atoms. The molecule has 1 heterocycles. The predicted octanol–water partition coefficient (Wildman–Crippen LogP) is 4.75. The van der Waals surface area contributed by atoms with Crippen molar-refractivity contribution in [2.24, 2.45) is 0 Å². The molecule has 1 aliphatic heterocycles. The zero-order chi connectivity index (χ0) is 22.7. The Kier molecular flexibility index (Phi) is 6.08. The van der Waals surface area contributed by atoms with Crippen LogP contribution in [0.2, 0.25) is 0 Å². The van der Waals surface area contributed by atoms with Crippen LogP contribution in [0.25, 0.3) is 5.57 Å². The molecule has 0 aromatic heterocycles. The quantitative estimate of drug-likeness (QED) is 0.554. The lowest BCUT2D eigenvalue weighted by Crippen LogP contribution is -2.34. The van der Waals surface area contributed by atoms with E-state index in [1.54, 1.807) is 7.11 Å². The van der Waals surface area contributed by atoms with Crippen LogP contribution >= 0.6 is 0 Å². The Labute approximate surface area is 188 Å². The molecule has 2 amide bonds. The Balaban J connectivity index is 1.65. The highest BCUT2D eigenvalue weighted by Crippen LogP contribution is 2.32. The first kappa shape index (κ1) is 21.4. The van der Waals surface area contributed by atoms with E-state index in [2.05, 4.69) is 5.32 Å². The first-order chi connectivity index (χ1) is 15.5. The maximum atomic E-state index is 13.5. The number of carbonyl (C=O) groups excluding carboxylic acids is 2. The second-order valence-electron chi connectivity index (χ2n) is 7.92. The number of amides is 2. The summed E-state index contributed by atoms with van der Waals surface area (Å²) in [6.45, 7) is 4.28. The number of methoxy groups -OCH3 is 1. The number of hydrogen-bond donors (Lipinski definition) is 1. The normalized spacial score (nSPS) is 13.7. The number of benzene rings is 3. The van der Waals surface area contributed by atoms with E-state index in [4.69, 9.17) is 4.74 Å². The summed E-state index contributed by atoms with van der Waals surface area (Å²) in [5.74, 6) is 0.200. The van der Waals surface area contributed by atoms with E-state index >= 15 is 0 Å². The van der Waals surface area contributed by atoms with Gasteiger partial charge in [-0.2, -0.15) is 0 Å². The monoisotopic (exact) mass is 426 g/mol. The van der Waals surface area contributed by atoms with Gasteiger partial charge in [-0.1, -0.05) is 54.1 Å². The van der Waals surface area contributed by atoms with Crippen molar-refractivity contribution in [2.45, 2.75) is 20.3 Å². The van der Waals surface area contributed by atoms with Crippen LogP contribution in [0.3, 0.4) is 0 Å². The minimum atomic E-state index is -0.303. The van der Waals surface area contributed by atoms with Gasteiger partial charge in [0.05, 0.1) is 12.7 Å². The van der Waals surface area contributed by atoms with Gasteiger partial charge in [0.1, 0.15) is 11.4 Å². The van der Waals surface area contributed by atoms with Crippen LogP contribution in [0, 0.1) is 13.8 Å². The summed E-state index contributed by atoms with van der Waals surface area (Å²) in [7, 11) is 1.62. The van der Waals surface area contributed by atoms with Crippen molar-refractivity contribution in [3.8, 4) is 5.75 Å². The number of nitrogens with one attached hydrogen (secondary N) is 1. The van der Waals surface area contributed by atoms with Gasteiger partial charge >= 0.3 is 0 Å². The zero-order valence-corrected chi connectivity index (χ0v) is 18.5. The molecule has 0 radical (unpaired) electrons. The third-order valence-corrected chi connectivity index (χ3v) is 5.65. The number of para-hydroxylation sites is 1. The highest BCUT2D eigenvalue weighted by Gasteiger charge is 2.39. The van der Waals surface area contributed by atoms with E-state index in [1.165, 1.54) is 4.90 Å². The van der Waals surface area contributed by atoms with Crippen molar-refractivity contribution in [2.75, 3.05) is 19.0 Å². The number of carbonyl (C=O) groups is 2. The molecule has 5 heteroatoms. The maximum absolute atomic E-state index is 13.5. The SMILES string of the molecule is COc1ccc(CCN2C(=O)C(Nc3ccccc3)=C(c3ccc(C)cc3C)C2=O)cc1. The van der Waals surface area contributed by atoms with Crippen LogP contribution in [0.4, 0.5) is 5.69 Å². The highest BCUT2D eigenvalue weighted by molar-refractivity contribution is 6.36. The molecule has 5 nitrogen and oxygen atoms in total. The van der Waals surface area contributed by atoms with Gasteiger partial charge in [0.2, 0.25) is 0 Å². The van der Waals surface area contributed by atoms with E-state index in [9.17, 15) is 9.59 Å². The van der Waals surface area contributed by atoms with E-state index in [0.29, 0.717) is 24.2 Å². The van der Waals surface area contributed by atoms with E-state index in [1.807, 2.05) is 86.6 Å². The minimum absolute atomic E-state index is 0.270. The fraction of sp³-hybridized carbons (Fsp3) is 0.185. The predicted molar refractivity (Wildman–Crippen MR) is 126 cm³/mol. The maximum Gasteiger partial charge on any atom is 0.278 e. The standard InChI is InChI=1S/C27H26N2O3/c1-18-9-14-23(19(2)17-18)24-25(28-21-7-5-4-6-8-21)27(31)29(26(24)30)16-15-20-10-12-22(32-3)13-11-20/h4-14,17,28H,15-16H2,1-3H3. The Bertz CT molecular complexity index is 1180. The van der Waals surface area contributed by atoms with Gasteiger partial charge in [-0.25, -0.2) is 0 Å². The average molecular weight is 427 g/mol. The second kappa shape index (κ2) is 9.10. The lowest BCUT2D eigenvalue weighted by atomic mass is 9.97. The van der Waals surface area contributed by atoms with Crippen LogP contribution < -0.4 is 10.1 Å². The summed E-state index contributed by atoms with van der Waals surface area (Å²) in [5, 5.41) is 3.21. The fourth-order valence-corrected chi connectivity index (χ4v) is 3.94. The topological polar surface area (TPSA) is 58.6 Å². The van der Waals surface area contributed by atoms with Crippen LogP contribution in [0.5, 0.6) is 5.75 Å². The first-order valence-electron chi connectivity index (χ1n) is 10.6.